The second-order valence-corrected chi connectivity index (χ2v) is 9.79. The molecule has 0 bridgehead atoms. The largest absolute Gasteiger partial charge is 0.741 e. The van der Waals surface area contributed by atoms with E-state index in [-0.39, 0.29) is 27.5 Å². The second-order valence-electron chi connectivity index (χ2n) is 5.74. The normalized spacial score (nSPS) is 13.6. The molecule has 170 valence electrons. The molecule has 0 saturated heterocycles. The molecule has 0 saturated carbocycles. The van der Waals surface area contributed by atoms with Gasteiger partial charge in [0.05, 0.1) is 0 Å². The summed E-state index contributed by atoms with van der Waals surface area (Å²) in [5, 5.41) is 0. The summed E-state index contributed by atoms with van der Waals surface area (Å²) in [7, 11) is -5.71. The van der Waals surface area contributed by atoms with Crippen LogP contribution in [0.5, 0.6) is 0 Å². The molecule has 0 fully saturated rings. The van der Waals surface area contributed by atoms with Gasteiger partial charge >= 0.3 is 5.51 Å². The minimum absolute atomic E-state index is 0. The van der Waals surface area contributed by atoms with Crippen molar-refractivity contribution in [1.82, 2.24) is 0 Å². The zero-order valence-corrected chi connectivity index (χ0v) is 21.9. The number of hydrogen-bond acceptors (Lipinski definition) is 4. The van der Waals surface area contributed by atoms with Crippen LogP contribution in [0.25, 0.3) is 0 Å². The number of carbonyl (C=O) groups is 1. The molecular formula is C18H31F3IrO4PS-2. The number of aldehydes is 1. The molecule has 0 unspecified atom stereocenters. The molecule has 0 aromatic heterocycles. The Morgan fingerprint density at radius 3 is 1.14 bits per heavy atom. The molecule has 2 radical (unpaired) electrons. The van der Waals surface area contributed by atoms with Crippen LogP contribution in [0.15, 0.2) is 34.9 Å². The quantitative estimate of drug-likeness (QED) is 0.0967. The molecule has 0 heterocycles. The van der Waals surface area contributed by atoms with Crippen molar-refractivity contribution in [3.05, 3.63) is 48.3 Å². The van der Waals surface area contributed by atoms with Crippen LogP contribution < -0.4 is 0 Å². The van der Waals surface area contributed by atoms with Crippen molar-refractivity contribution in [2.75, 3.05) is 20.0 Å². The maximum atomic E-state index is 10.7. The monoisotopic (exact) mass is 624 g/mol. The molecule has 0 aliphatic heterocycles. The number of carbonyl (C=O) groups excluding carboxylic acids is 1. The molecule has 0 aromatic rings. The number of alkyl halides is 3. The summed E-state index contributed by atoms with van der Waals surface area (Å²) in [5.41, 5.74) is 0.225. The van der Waals surface area contributed by atoms with E-state index in [9.17, 15) is 13.2 Å². The van der Waals surface area contributed by atoms with Crippen molar-refractivity contribution in [3.8, 4) is 0 Å². The summed E-state index contributed by atoms with van der Waals surface area (Å²) in [5.74, 6) is 1.47. The Kier molecular flexibility index (Phi) is 24.0. The second kappa shape index (κ2) is 17.5. The van der Waals surface area contributed by atoms with E-state index in [2.05, 4.69) is 61.2 Å². The molecule has 0 spiro atoms. The predicted octanol–water partition coefficient (Wildman–Crippen LogP) is 5.50. The summed E-state index contributed by atoms with van der Waals surface area (Å²) < 4.78 is 58.9. The minimum atomic E-state index is -6.09. The third-order valence-electron chi connectivity index (χ3n) is 3.19. The summed E-state index contributed by atoms with van der Waals surface area (Å²) in [6.45, 7) is 20.8. The molecule has 1 aliphatic rings. The maximum Gasteiger partial charge on any atom is 0.485 e. The smallest absolute Gasteiger partial charge is 0.485 e. The fraction of sp³-hybridized carbons (Fsp3) is 0.500. The summed E-state index contributed by atoms with van der Waals surface area (Å²) in [6.07, 6.45) is 1.83. The van der Waals surface area contributed by atoms with Gasteiger partial charge in [-0.2, -0.15) is 13.2 Å². The first-order valence-electron chi connectivity index (χ1n) is 7.34. The van der Waals surface area contributed by atoms with Crippen LogP contribution in [0.4, 0.5) is 13.2 Å². The topological polar surface area (TPSA) is 74.3 Å². The molecule has 1 aliphatic carbocycles. The van der Waals surface area contributed by atoms with Crippen molar-refractivity contribution in [2.24, 2.45) is 0 Å². The SMILES string of the molecule is C=CC=O.CP(C)C.C[C]1C(C)=C(C)C(C)=C1C.O=S(=O)([O-])C(F)(F)F.[CH3-].[Ir]. The molecule has 10 heteroatoms. The Balaban J connectivity index is -0.0000000886. The van der Waals surface area contributed by atoms with Gasteiger partial charge in [0.25, 0.3) is 0 Å². The fourth-order valence-corrected chi connectivity index (χ4v) is 1.41. The molecule has 28 heavy (non-hydrogen) atoms. The van der Waals surface area contributed by atoms with E-state index in [1.54, 1.807) is 0 Å². The van der Waals surface area contributed by atoms with Gasteiger partial charge in [-0.3, -0.25) is 4.79 Å². The molecule has 0 aromatic carbocycles. The summed E-state index contributed by atoms with van der Waals surface area (Å²) in [6, 6.07) is 0. The molecule has 0 N–H and O–H groups in total. The van der Waals surface area contributed by atoms with E-state index in [0.29, 0.717) is 14.2 Å². The number of halogens is 3. The average molecular weight is 624 g/mol. The van der Waals surface area contributed by atoms with Crippen LogP contribution in [0.2, 0.25) is 0 Å². The maximum absolute atomic E-state index is 10.7. The predicted molar refractivity (Wildman–Crippen MR) is 109 cm³/mol. The third kappa shape index (κ3) is 17.7. The zero-order chi connectivity index (χ0) is 21.9. The van der Waals surface area contributed by atoms with Crippen LogP contribution in [0.1, 0.15) is 34.6 Å². The molecule has 1 rings (SSSR count). The fourth-order valence-electron chi connectivity index (χ4n) is 1.41. The van der Waals surface area contributed by atoms with E-state index < -0.39 is 15.6 Å². The number of rotatable bonds is 1. The van der Waals surface area contributed by atoms with Crippen LogP contribution in [-0.4, -0.2) is 44.8 Å². The Morgan fingerprint density at radius 1 is 0.929 bits per heavy atom. The van der Waals surface area contributed by atoms with Crippen LogP contribution >= 0.6 is 7.92 Å². The Labute approximate surface area is 183 Å². The Morgan fingerprint density at radius 2 is 1.11 bits per heavy atom. The average Bonchev–Trinajstić information content (AvgIpc) is 2.64. The molecule has 0 amide bonds. The van der Waals surface area contributed by atoms with Gasteiger partial charge in [-0.15, -0.1) is 7.92 Å². The van der Waals surface area contributed by atoms with Crippen LogP contribution in [0.3, 0.4) is 0 Å². The Hall–Kier alpha value is -0.331. The van der Waals surface area contributed by atoms with Crippen molar-refractivity contribution >= 4 is 24.3 Å². The molecule has 4 nitrogen and oxygen atoms in total. The van der Waals surface area contributed by atoms with E-state index >= 15 is 0 Å². The van der Waals surface area contributed by atoms with Crippen LogP contribution in [0, 0.1) is 13.3 Å². The van der Waals surface area contributed by atoms with Gasteiger partial charge in [0.1, 0.15) is 6.29 Å². The Bertz CT molecular complexity index is 592. The van der Waals surface area contributed by atoms with Gasteiger partial charge in [0, 0.05) is 26.0 Å². The van der Waals surface area contributed by atoms with Gasteiger partial charge in [-0.25, -0.2) is 8.42 Å². The summed E-state index contributed by atoms with van der Waals surface area (Å²) >= 11 is 0. The first-order chi connectivity index (χ1) is 11.4. The van der Waals surface area contributed by atoms with Crippen molar-refractivity contribution in [3.63, 3.8) is 0 Å². The standard InChI is InChI=1S/C10H15.C3H4O.C3H9P.CHF3O3S.CH3.Ir/c1-6-7(2)9(4)10(5)8(6)3;1-2-3-4;1-4(2)3;2-1(3,4)8(5,6)7;;/h1-5H3;2-3H,1H2;1-3H3;(H,5,6,7);1H3;/q;;;;-1;/p-1. The van der Waals surface area contributed by atoms with Gasteiger partial charge in [0.15, 0.2) is 10.1 Å². The van der Waals surface area contributed by atoms with E-state index in [1.165, 1.54) is 34.3 Å². The van der Waals surface area contributed by atoms with Gasteiger partial charge in [0.2, 0.25) is 0 Å². The van der Waals surface area contributed by atoms with Crippen molar-refractivity contribution < 1.29 is 51.0 Å². The molecule has 0 atom stereocenters. The van der Waals surface area contributed by atoms with Crippen molar-refractivity contribution in [2.45, 2.75) is 40.1 Å². The van der Waals surface area contributed by atoms with E-state index in [0.717, 1.165) is 0 Å². The van der Waals surface area contributed by atoms with Gasteiger partial charge < -0.3 is 12.0 Å². The summed E-state index contributed by atoms with van der Waals surface area (Å²) in [4.78, 5) is 9.06. The van der Waals surface area contributed by atoms with Gasteiger partial charge in [-0.05, 0) is 64.9 Å². The number of allylic oxidation sites excluding steroid dienone is 5. The van der Waals surface area contributed by atoms with Crippen molar-refractivity contribution in [1.29, 1.82) is 0 Å². The molecular weight excluding hydrogens is 592 g/mol. The van der Waals surface area contributed by atoms with Crippen LogP contribution in [-0.2, 0) is 35.0 Å². The van der Waals surface area contributed by atoms with E-state index in [1.807, 2.05) is 0 Å². The zero-order valence-electron chi connectivity index (χ0n) is 17.8. The first-order valence-corrected chi connectivity index (χ1v) is 11.4. The first kappa shape index (κ1) is 38.3. The third-order valence-corrected chi connectivity index (χ3v) is 3.76. The number of hydrogen-bond donors (Lipinski definition) is 0. The van der Waals surface area contributed by atoms with E-state index in [4.69, 9.17) is 17.8 Å². The minimum Gasteiger partial charge on any atom is -0.741 e. The van der Waals surface area contributed by atoms with Gasteiger partial charge in [-0.1, -0.05) is 24.6 Å².